The number of ether oxygens (including phenoxy) is 1. The van der Waals surface area contributed by atoms with Crippen molar-refractivity contribution in [1.82, 2.24) is 20.0 Å². The van der Waals surface area contributed by atoms with Crippen molar-refractivity contribution in [3.8, 4) is 0 Å². The second-order valence-corrected chi connectivity index (χ2v) is 13.2. The lowest BCUT2D eigenvalue weighted by Crippen LogP contribution is -2.60. The molecule has 3 aliphatic heterocycles. The minimum atomic E-state index is -0.565. The molecule has 224 valence electrons. The lowest BCUT2D eigenvalue weighted by Gasteiger charge is -2.43. The number of amides is 3. The number of halogens is 2. The van der Waals surface area contributed by atoms with Crippen molar-refractivity contribution in [2.45, 2.75) is 77.9 Å². The first-order chi connectivity index (χ1) is 18.4. The number of carbonyl (C=O) groups excluding carboxylic acids is 3. The number of piperazine rings is 1. The zero-order chi connectivity index (χ0) is 28.3. The average Bonchev–Trinajstić information content (AvgIpc) is 3.33. The summed E-state index contributed by atoms with van der Waals surface area (Å²) in [6, 6.07) is 7.66. The number of carbonyl (C=O) groups is 3. The highest BCUT2D eigenvalue weighted by Gasteiger charge is 2.44. The van der Waals surface area contributed by atoms with Crippen molar-refractivity contribution in [3.63, 3.8) is 0 Å². The van der Waals surface area contributed by atoms with E-state index in [1.807, 2.05) is 28.9 Å². The molecule has 3 saturated heterocycles. The van der Waals surface area contributed by atoms with E-state index in [2.05, 4.69) is 43.1 Å². The molecule has 10 heteroatoms. The van der Waals surface area contributed by atoms with Gasteiger partial charge >= 0.3 is 0 Å². The van der Waals surface area contributed by atoms with E-state index in [9.17, 15) is 14.4 Å². The van der Waals surface area contributed by atoms with Gasteiger partial charge in [0.2, 0.25) is 17.7 Å². The maximum absolute atomic E-state index is 14.1. The van der Waals surface area contributed by atoms with Gasteiger partial charge in [0.05, 0.1) is 5.92 Å². The standard InChI is InChI=1S/C30H45ClN4O4.ClH/c1-20-17-33(12-13-35(20)29(38)27(32-21(2)36)16-30(3,4)5)28(37)26-19-34(24-10-14-39-15-11-24)18-25(26)22-6-8-23(31)9-7-22;/h6-9,20,24-27H,10-19H2,1-5H3,(H,32,36);1H/t20-,25?,26?,27+;/m1./s1. The summed E-state index contributed by atoms with van der Waals surface area (Å²) in [6.07, 6.45) is 2.55. The predicted molar refractivity (Wildman–Crippen MR) is 160 cm³/mol. The van der Waals surface area contributed by atoms with Crippen molar-refractivity contribution in [2.75, 3.05) is 45.9 Å². The molecule has 3 heterocycles. The van der Waals surface area contributed by atoms with Crippen molar-refractivity contribution >= 4 is 41.7 Å². The average molecular weight is 598 g/mol. The number of nitrogens with one attached hydrogen (secondary N) is 1. The Hall–Kier alpha value is -1.87. The number of nitrogens with zero attached hydrogens (tertiary/aromatic N) is 3. The molecule has 0 saturated carbocycles. The SMILES string of the molecule is CC(=O)N[C@@H](CC(C)(C)C)C(=O)N1CCN(C(=O)C2CN(C3CCOCC3)CC2c2ccc(Cl)cc2)C[C@H]1C.Cl. The van der Waals surface area contributed by atoms with Gasteiger partial charge in [0.15, 0.2) is 0 Å². The van der Waals surface area contributed by atoms with Gasteiger partial charge in [0.1, 0.15) is 6.04 Å². The predicted octanol–water partition coefficient (Wildman–Crippen LogP) is 3.96. The van der Waals surface area contributed by atoms with Gasteiger partial charge in [-0.05, 0) is 49.3 Å². The van der Waals surface area contributed by atoms with Crippen LogP contribution in [0, 0.1) is 11.3 Å². The summed E-state index contributed by atoms with van der Waals surface area (Å²) in [5.41, 5.74) is 1.04. The minimum Gasteiger partial charge on any atom is -0.381 e. The van der Waals surface area contributed by atoms with Crippen LogP contribution in [0.5, 0.6) is 0 Å². The maximum atomic E-state index is 14.1. The molecule has 8 nitrogen and oxygen atoms in total. The number of rotatable bonds is 6. The van der Waals surface area contributed by atoms with E-state index in [1.165, 1.54) is 6.92 Å². The van der Waals surface area contributed by atoms with Crippen LogP contribution in [0.15, 0.2) is 24.3 Å². The monoisotopic (exact) mass is 596 g/mol. The van der Waals surface area contributed by atoms with Crippen LogP contribution in [0.4, 0.5) is 0 Å². The van der Waals surface area contributed by atoms with Gasteiger partial charge in [-0.15, -0.1) is 12.4 Å². The van der Waals surface area contributed by atoms with Crippen LogP contribution in [0.2, 0.25) is 5.02 Å². The summed E-state index contributed by atoms with van der Waals surface area (Å²) in [7, 11) is 0. The lowest BCUT2D eigenvalue weighted by atomic mass is 9.87. The first kappa shape index (κ1) is 32.6. The first-order valence-corrected chi connectivity index (χ1v) is 14.7. The van der Waals surface area contributed by atoms with Gasteiger partial charge in [-0.1, -0.05) is 44.5 Å². The molecule has 0 aliphatic carbocycles. The van der Waals surface area contributed by atoms with E-state index in [0.29, 0.717) is 37.1 Å². The quantitative estimate of drug-likeness (QED) is 0.537. The summed E-state index contributed by atoms with van der Waals surface area (Å²) < 4.78 is 5.59. The van der Waals surface area contributed by atoms with Gasteiger partial charge in [0.25, 0.3) is 0 Å². The second kappa shape index (κ2) is 13.9. The molecule has 0 bridgehead atoms. The molecule has 1 aromatic carbocycles. The molecule has 0 spiro atoms. The summed E-state index contributed by atoms with van der Waals surface area (Å²) in [5, 5.41) is 3.56. The first-order valence-electron chi connectivity index (χ1n) is 14.4. The Kier molecular flexibility index (Phi) is 11.3. The largest absolute Gasteiger partial charge is 0.381 e. The van der Waals surface area contributed by atoms with Crippen LogP contribution in [0.3, 0.4) is 0 Å². The highest BCUT2D eigenvalue weighted by Crippen LogP contribution is 2.37. The third-order valence-corrected chi connectivity index (χ3v) is 8.64. The third-order valence-electron chi connectivity index (χ3n) is 8.39. The molecular formula is C30H46Cl2N4O4. The maximum Gasteiger partial charge on any atom is 0.245 e. The van der Waals surface area contributed by atoms with E-state index in [-0.39, 0.29) is 53.4 Å². The van der Waals surface area contributed by atoms with Gasteiger partial charge in [-0.2, -0.15) is 0 Å². The molecule has 3 aliphatic rings. The van der Waals surface area contributed by atoms with Gasteiger partial charge in [0, 0.05) is 75.9 Å². The molecule has 1 N–H and O–H groups in total. The van der Waals surface area contributed by atoms with Crippen LogP contribution in [0.1, 0.15) is 65.4 Å². The van der Waals surface area contributed by atoms with E-state index >= 15 is 0 Å². The minimum absolute atomic E-state index is 0. The highest BCUT2D eigenvalue weighted by molar-refractivity contribution is 6.30. The summed E-state index contributed by atoms with van der Waals surface area (Å²) >= 11 is 6.18. The Morgan fingerprint density at radius 1 is 1.05 bits per heavy atom. The molecule has 4 rings (SSSR count). The zero-order valence-corrected chi connectivity index (χ0v) is 26.1. The normalized spacial score (nSPS) is 25.3. The molecule has 2 unspecified atom stereocenters. The molecule has 1 aromatic rings. The summed E-state index contributed by atoms with van der Waals surface area (Å²) in [6.45, 7) is 14.2. The van der Waals surface area contributed by atoms with Crippen LogP contribution in [0.25, 0.3) is 0 Å². The van der Waals surface area contributed by atoms with E-state index in [1.54, 1.807) is 0 Å². The fraction of sp³-hybridized carbons (Fsp3) is 0.700. The Labute approximate surface area is 250 Å². The lowest BCUT2D eigenvalue weighted by molar-refractivity contribution is -0.147. The molecular weight excluding hydrogens is 551 g/mol. The van der Waals surface area contributed by atoms with E-state index < -0.39 is 6.04 Å². The molecule has 0 radical (unpaired) electrons. The topological polar surface area (TPSA) is 82.2 Å². The summed E-state index contributed by atoms with van der Waals surface area (Å²) in [5.74, 6) is -0.149. The van der Waals surface area contributed by atoms with Crippen molar-refractivity contribution in [3.05, 3.63) is 34.9 Å². The number of hydrogen-bond acceptors (Lipinski definition) is 5. The van der Waals surface area contributed by atoms with E-state index in [0.717, 1.165) is 44.7 Å². The smallest absolute Gasteiger partial charge is 0.245 e. The molecule has 0 aromatic heterocycles. The highest BCUT2D eigenvalue weighted by atomic mass is 35.5. The zero-order valence-electron chi connectivity index (χ0n) is 24.5. The summed E-state index contributed by atoms with van der Waals surface area (Å²) in [4.78, 5) is 45.7. The number of hydrogen-bond donors (Lipinski definition) is 1. The van der Waals surface area contributed by atoms with E-state index in [4.69, 9.17) is 16.3 Å². The van der Waals surface area contributed by atoms with Gasteiger partial charge < -0.3 is 19.9 Å². The molecule has 3 fully saturated rings. The Morgan fingerprint density at radius 2 is 1.70 bits per heavy atom. The van der Waals surface area contributed by atoms with Crippen molar-refractivity contribution in [1.29, 1.82) is 0 Å². The fourth-order valence-electron chi connectivity index (χ4n) is 6.46. The van der Waals surface area contributed by atoms with Crippen molar-refractivity contribution in [2.24, 2.45) is 11.3 Å². The molecule has 4 atom stereocenters. The Morgan fingerprint density at radius 3 is 2.27 bits per heavy atom. The number of benzene rings is 1. The van der Waals surface area contributed by atoms with Crippen molar-refractivity contribution < 1.29 is 19.1 Å². The number of likely N-dealkylation sites (tertiary alicyclic amines) is 1. The Balaban J connectivity index is 0.00000441. The second-order valence-electron chi connectivity index (χ2n) is 12.7. The molecule has 3 amide bonds. The van der Waals surface area contributed by atoms with Crippen LogP contribution in [-0.2, 0) is 19.1 Å². The van der Waals surface area contributed by atoms with Crippen LogP contribution in [-0.4, -0.2) is 96.5 Å². The van der Waals surface area contributed by atoms with Gasteiger partial charge in [-0.25, -0.2) is 0 Å². The molecule has 40 heavy (non-hydrogen) atoms. The van der Waals surface area contributed by atoms with Gasteiger partial charge in [-0.3, -0.25) is 19.3 Å². The Bertz CT molecular complexity index is 1030. The third kappa shape index (κ3) is 8.11. The van der Waals surface area contributed by atoms with Crippen LogP contribution < -0.4 is 5.32 Å². The van der Waals surface area contributed by atoms with Crippen LogP contribution >= 0.6 is 24.0 Å². The fourth-order valence-corrected chi connectivity index (χ4v) is 6.58.